The highest BCUT2D eigenvalue weighted by molar-refractivity contribution is 7.92. The number of carbonyl (C=O) groups is 1. The van der Waals surface area contributed by atoms with Crippen LogP contribution in [0.3, 0.4) is 0 Å². The Hall–Kier alpha value is -2.48. The summed E-state index contributed by atoms with van der Waals surface area (Å²) in [5, 5.41) is 8.42. The van der Waals surface area contributed by atoms with Gasteiger partial charge in [-0.3, -0.25) is 9.52 Å². The van der Waals surface area contributed by atoms with E-state index in [9.17, 15) is 13.2 Å². The van der Waals surface area contributed by atoms with E-state index >= 15 is 0 Å². The van der Waals surface area contributed by atoms with Gasteiger partial charge in [-0.1, -0.05) is 26.0 Å². The highest BCUT2D eigenvalue weighted by atomic mass is 32.2. The zero-order valence-electron chi connectivity index (χ0n) is 13.4. The van der Waals surface area contributed by atoms with Gasteiger partial charge in [0.1, 0.15) is 0 Å². The molecule has 1 heterocycles. The van der Waals surface area contributed by atoms with Gasteiger partial charge in [0.2, 0.25) is 0 Å². The summed E-state index contributed by atoms with van der Waals surface area (Å²) in [5.41, 5.74) is 1.78. The Morgan fingerprint density at radius 3 is 2.21 bits per heavy atom. The third kappa shape index (κ3) is 5.02. The summed E-state index contributed by atoms with van der Waals surface area (Å²) in [6.45, 7) is 4.11. The molecule has 0 fully saturated rings. The van der Waals surface area contributed by atoms with Crippen LogP contribution in [0.4, 0.5) is 5.69 Å². The van der Waals surface area contributed by atoms with Crippen molar-refractivity contribution >= 4 is 21.7 Å². The van der Waals surface area contributed by atoms with Crippen molar-refractivity contribution in [1.29, 1.82) is 0 Å². The molecule has 0 spiro atoms. The summed E-state index contributed by atoms with van der Waals surface area (Å²) in [7, 11) is -3.88. The van der Waals surface area contributed by atoms with Gasteiger partial charge in [-0.2, -0.15) is 8.42 Å². The number of hydrogen-bond donors (Lipinski definition) is 2. The maximum atomic E-state index is 12.3. The molecule has 0 aliphatic heterocycles. The molecule has 0 aliphatic rings. The number of aromatic nitrogens is 2. The third-order valence-electron chi connectivity index (χ3n) is 3.13. The summed E-state index contributed by atoms with van der Waals surface area (Å²) in [6.07, 6.45) is 3.68. The Morgan fingerprint density at radius 2 is 1.71 bits per heavy atom. The Balaban J connectivity index is 2.11. The summed E-state index contributed by atoms with van der Waals surface area (Å²) >= 11 is 0. The summed E-state index contributed by atoms with van der Waals surface area (Å²) in [4.78, 5) is 18.5. The lowest BCUT2D eigenvalue weighted by Crippen LogP contribution is -2.16. The molecule has 0 unspecified atom stereocenters. The van der Waals surface area contributed by atoms with E-state index in [1.807, 2.05) is 0 Å². The Labute approximate surface area is 140 Å². The van der Waals surface area contributed by atoms with Gasteiger partial charge in [0, 0.05) is 18.1 Å². The molecule has 24 heavy (non-hydrogen) atoms. The molecule has 0 atom stereocenters. The van der Waals surface area contributed by atoms with Crippen LogP contribution in [0.25, 0.3) is 0 Å². The molecule has 0 saturated heterocycles. The van der Waals surface area contributed by atoms with Crippen LogP contribution >= 0.6 is 0 Å². The van der Waals surface area contributed by atoms with Gasteiger partial charge >= 0.3 is 5.97 Å². The zero-order chi connectivity index (χ0) is 17.7. The first-order valence-electron chi connectivity index (χ1n) is 7.41. The normalized spacial score (nSPS) is 11.5. The van der Waals surface area contributed by atoms with Crippen molar-refractivity contribution in [3.05, 3.63) is 47.8 Å². The molecule has 1 aromatic carbocycles. The maximum absolute atomic E-state index is 12.3. The van der Waals surface area contributed by atoms with Gasteiger partial charge in [0.05, 0.1) is 6.42 Å². The second-order valence-electron chi connectivity index (χ2n) is 5.84. The lowest BCUT2D eigenvalue weighted by Gasteiger charge is -2.08. The van der Waals surface area contributed by atoms with Crippen LogP contribution in [-0.2, 0) is 27.7 Å². The third-order valence-corrected chi connectivity index (χ3v) is 4.32. The molecule has 8 heteroatoms. The fourth-order valence-corrected chi connectivity index (χ4v) is 3.05. The number of rotatable bonds is 7. The molecule has 7 nitrogen and oxygen atoms in total. The van der Waals surface area contributed by atoms with Gasteiger partial charge in [-0.05, 0) is 35.6 Å². The predicted octanol–water partition coefficient (Wildman–Crippen LogP) is 2.10. The number of hydrogen-bond acceptors (Lipinski definition) is 5. The molecular weight excluding hydrogens is 330 g/mol. The fourth-order valence-electron chi connectivity index (χ4n) is 2.12. The fraction of sp³-hybridized carbons (Fsp3) is 0.312. The average Bonchev–Trinajstić information content (AvgIpc) is 2.48. The van der Waals surface area contributed by atoms with Gasteiger partial charge in [-0.25, -0.2) is 9.97 Å². The minimum absolute atomic E-state index is 0.118. The number of anilines is 1. The van der Waals surface area contributed by atoms with Gasteiger partial charge < -0.3 is 5.11 Å². The van der Waals surface area contributed by atoms with E-state index < -0.39 is 16.0 Å². The lowest BCUT2D eigenvalue weighted by atomic mass is 10.1. The van der Waals surface area contributed by atoms with Crippen LogP contribution in [0, 0.1) is 5.92 Å². The Morgan fingerprint density at radius 1 is 1.12 bits per heavy atom. The molecule has 0 bridgehead atoms. The van der Waals surface area contributed by atoms with Gasteiger partial charge in [0.15, 0.2) is 0 Å². The summed E-state index contributed by atoms with van der Waals surface area (Å²) in [5.74, 6) is -0.517. The van der Waals surface area contributed by atoms with E-state index in [4.69, 9.17) is 5.11 Å². The SMILES string of the molecule is CC(C)Cc1cnc(S(=O)(=O)Nc2ccc(CC(=O)O)cc2)nc1. The van der Waals surface area contributed by atoms with Crippen molar-refractivity contribution in [2.45, 2.75) is 31.8 Å². The Bertz CT molecular complexity index is 800. The van der Waals surface area contributed by atoms with Crippen molar-refractivity contribution in [2.75, 3.05) is 4.72 Å². The van der Waals surface area contributed by atoms with E-state index in [-0.39, 0.29) is 11.6 Å². The number of nitrogens with one attached hydrogen (secondary N) is 1. The lowest BCUT2D eigenvalue weighted by molar-refractivity contribution is -0.136. The molecule has 0 aliphatic carbocycles. The molecular formula is C16H19N3O4S. The smallest absolute Gasteiger partial charge is 0.307 e. The van der Waals surface area contributed by atoms with Gasteiger partial charge in [0.25, 0.3) is 15.2 Å². The number of sulfonamides is 1. The molecule has 0 radical (unpaired) electrons. The molecule has 2 rings (SSSR count). The van der Waals surface area contributed by atoms with Crippen LogP contribution in [0.1, 0.15) is 25.0 Å². The molecule has 0 amide bonds. The van der Waals surface area contributed by atoms with Crippen LogP contribution in [0.15, 0.2) is 41.8 Å². The number of carboxylic acid groups (broad SMARTS) is 1. The molecule has 2 aromatic rings. The zero-order valence-corrected chi connectivity index (χ0v) is 14.2. The standard InChI is InChI=1S/C16H19N3O4S/c1-11(2)7-13-9-17-16(18-10-13)24(22,23)19-14-5-3-12(4-6-14)8-15(20)21/h3-6,9-11,19H,7-8H2,1-2H3,(H,20,21). The van der Waals surface area contributed by atoms with Gasteiger partial charge in [-0.15, -0.1) is 0 Å². The summed E-state index contributed by atoms with van der Waals surface area (Å²) < 4.78 is 26.9. The largest absolute Gasteiger partial charge is 0.481 e. The topological polar surface area (TPSA) is 109 Å². The van der Waals surface area contributed by atoms with E-state index in [0.717, 1.165) is 12.0 Å². The van der Waals surface area contributed by atoms with Crippen molar-refractivity contribution in [1.82, 2.24) is 9.97 Å². The van der Waals surface area contributed by atoms with E-state index in [2.05, 4.69) is 28.5 Å². The van der Waals surface area contributed by atoms with Crippen LogP contribution in [0.5, 0.6) is 0 Å². The van der Waals surface area contributed by atoms with E-state index in [1.165, 1.54) is 24.5 Å². The number of benzene rings is 1. The molecule has 0 saturated carbocycles. The van der Waals surface area contributed by atoms with Crippen molar-refractivity contribution in [3.63, 3.8) is 0 Å². The van der Waals surface area contributed by atoms with Crippen LogP contribution < -0.4 is 4.72 Å². The van der Waals surface area contributed by atoms with Crippen molar-refractivity contribution < 1.29 is 18.3 Å². The first-order chi connectivity index (χ1) is 11.3. The second kappa shape index (κ2) is 7.39. The molecule has 1 aromatic heterocycles. The predicted molar refractivity (Wildman–Crippen MR) is 89.2 cm³/mol. The average molecular weight is 349 g/mol. The second-order valence-corrected chi connectivity index (χ2v) is 7.42. The van der Waals surface area contributed by atoms with Crippen LogP contribution in [0.2, 0.25) is 0 Å². The van der Waals surface area contributed by atoms with Crippen molar-refractivity contribution in [2.24, 2.45) is 5.92 Å². The highest BCUT2D eigenvalue weighted by Gasteiger charge is 2.18. The maximum Gasteiger partial charge on any atom is 0.307 e. The number of aliphatic carboxylic acids is 1. The summed E-state index contributed by atoms with van der Waals surface area (Å²) in [6, 6.07) is 6.11. The highest BCUT2D eigenvalue weighted by Crippen LogP contribution is 2.15. The minimum atomic E-state index is -3.88. The quantitative estimate of drug-likeness (QED) is 0.741. The first-order valence-corrected chi connectivity index (χ1v) is 8.89. The minimum Gasteiger partial charge on any atom is -0.481 e. The van der Waals surface area contributed by atoms with Crippen LogP contribution in [-0.4, -0.2) is 29.5 Å². The number of carboxylic acids is 1. The molecule has 2 N–H and O–H groups in total. The first kappa shape index (κ1) is 17.9. The monoisotopic (exact) mass is 349 g/mol. The van der Waals surface area contributed by atoms with E-state index in [1.54, 1.807) is 12.1 Å². The van der Waals surface area contributed by atoms with E-state index in [0.29, 0.717) is 17.2 Å². The molecule has 128 valence electrons. The number of nitrogens with zero attached hydrogens (tertiary/aromatic N) is 2. The van der Waals surface area contributed by atoms with Crippen molar-refractivity contribution in [3.8, 4) is 0 Å². The Kier molecular flexibility index (Phi) is 5.50.